The Morgan fingerprint density at radius 3 is 2.33 bits per heavy atom. The first-order valence-corrected chi connectivity index (χ1v) is 5.34. The van der Waals surface area contributed by atoms with Crippen molar-refractivity contribution in [3.05, 3.63) is 48.0 Å². The van der Waals surface area contributed by atoms with Gasteiger partial charge in [-0.25, -0.2) is 4.79 Å². The molecular weight excluding hydrogens is 232 g/mol. The van der Waals surface area contributed by atoms with Crippen molar-refractivity contribution >= 4 is 5.97 Å². The summed E-state index contributed by atoms with van der Waals surface area (Å²) in [6.07, 6.45) is 0. The number of carbonyl (C=O) groups is 1. The third-order valence-corrected chi connectivity index (χ3v) is 2.65. The number of hydrogen-bond donors (Lipinski definition) is 2. The van der Waals surface area contributed by atoms with Crippen molar-refractivity contribution in [1.82, 2.24) is 0 Å². The number of hydrogen-bond acceptors (Lipinski definition) is 3. The quantitative estimate of drug-likeness (QED) is 0.871. The van der Waals surface area contributed by atoms with Gasteiger partial charge in [-0.1, -0.05) is 30.3 Å². The average molecular weight is 244 g/mol. The smallest absolute Gasteiger partial charge is 0.339 e. The van der Waals surface area contributed by atoms with Gasteiger partial charge in [-0.3, -0.25) is 0 Å². The molecule has 0 aliphatic carbocycles. The van der Waals surface area contributed by atoms with Crippen molar-refractivity contribution in [2.45, 2.75) is 0 Å². The number of rotatable bonds is 3. The van der Waals surface area contributed by atoms with E-state index in [9.17, 15) is 9.90 Å². The van der Waals surface area contributed by atoms with Crippen LogP contribution in [0.2, 0.25) is 0 Å². The first-order chi connectivity index (χ1) is 8.65. The third-order valence-electron chi connectivity index (χ3n) is 2.65. The maximum Gasteiger partial charge on any atom is 0.339 e. The fourth-order valence-corrected chi connectivity index (χ4v) is 1.80. The van der Waals surface area contributed by atoms with Crippen LogP contribution in [-0.2, 0) is 0 Å². The van der Waals surface area contributed by atoms with Crippen LogP contribution in [0, 0.1) is 0 Å². The minimum absolute atomic E-state index is 0.168. The minimum Gasteiger partial charge on any atom is -0.504 e. The zero-order chi connectivity index (χ0) is 13.1. The maximum atomic E-state index is 10.9. The molecule has 0 saturated heterocycles. The lowest BCUT2D eigenvalue weighted by Crippen LogP contribution is -1.99. The summed E-state index contributed by atoms with van der Waals surface area (Å²) in [7, 11) is 1.40. The Balaban J connectivity index is 2.64. The highest BCUT2D eigenvalue weighted by atomic mass is 16.5. The van der Waals surface area contributed by atoms with Gasteiger partial charge in [0.05, 0.1) is 7.11 Å². The Labute approximate surface area is 104 Å². The molecule has 4 nitrogen and oxygen atoms in total. The lowest BCUT2D eigenvalue weighted by molar-refractivity contribution is 0.0693. The number of aromatic carboxylic acids is 1. The highest BCUT2D eigenvalue weighted by Crippen LogP contribution is 2.39. The van der Waals surface area contributed by atoms with Crippen LogP contribution < -0.4 is 4.74 Å². The Hall–Kier alpha value is -2.49. The van der Waals surface area contributed by atoms with Gasteiger partial charge >= 0.3 is 5.97 Å². The van der Waals surface area contributed by atoms with Gasteiger partial charge in [0.25, 0.3) is 0 Å². The molecule has 0 radical (unpaired) electrons. The summed E-state index contributed by atoms with van der Waals surface area (Å²) in [5.74, 6) is -1.38. The molecule has 0 aromatic heterocycles. The van der Waals surface area contributed by atoms with Gasteiger partial charge in [0.2, 0.25) is 0 Å². The summed E-state index contributed by atoms with van der Waals surface area (Å²) in [5.41, 5.74) is 1.33. The first-order valence-electron chi connectivity index (χ1n) is 5.34. The molecule has 2 rings (SSSR count). The van der Waals surface area contributed by atoms with Crippen LogP contribution in [0.25, 0.3) is 11.1 Å². The van der Waals surface area contributed by atoms with E-state index in [0.29, 0.717) is 5.56 Å². The number of carboxylic acids is 1. The van der Waals surface area contributed by atoms with Crippen molar-refractivity contribution in [3.63, 3.8) is 0 Å². The van der Waals surface area contributed by atoms with Crippen molar-refractivity contribution < 1.29 is 19.7 Å². The van der Waals surface area contributed by atoms with Gasteiger partial charge in [0.15, 0.2) is 11.5 Å². The predicted octanol–water partition coefficient (Wildman–Crippen LogP) is 2.77. The molecule has 92 valence electrons. The van der Waals surface area contributed by atoms with Gasteiger partial charge in [0.1, 0.15) is 5.56 Å². The summed E-state index contributed by atoms with van der Waals surface area (Å²) in [6, 6.07) is 12.3. The second-order valence-electron chi connectivity index (χ2n) is 3.71. The molecule has 0 saturated carbocycles. The van der Waals surface area contributed by atoms with Gasteiger partial charge in [-0.2, -0.15) is 0 Å². The van der Waals surface area contributed by atoms with Crippen molar-refractivity contribution in [2.24, 2.45) is 0 Å². The van der Waals surface area contributed by atoms with Gasteiger partial charge in [0, 0.05) is 5.56 Å². The number of ether oxygens (including phenoxy) is 1. The molecule has 0 bridgehead atoms. The summed E-state index contributed by atoms with van der Waals surface area (Å²) >= 11 is 0. The standard InChI is InChI=1S/C14H12O4/c1-18-13-10(9-5-3-2-4-6-9)7-8-11(12(13)15)14(16)17/h2-8,15H,1H3,(H,16,17). The van der Waals surface area contributed by atoms with Crippen LogP contribution >= 0.6 is 0 Å². The van der Waals surface area contributed by atoms with Gasteiger partial charge in [-0.05, 0) is 17.7 Å². The van der Waals surface area contributed by atoms with E-state index >= 15 is 0 Å². The lowest BCUT2D eigenvalue weighted by Gasteiger charge is -2.12. The fraction of sp³-hybridized carbons (Fsp3) is 0.0714. The van der Waals surface area contributed by atoms with Gasteiger partial charge in [-0.15, -0.1) is 0 Å². The molecular formula is C14H12O4. The second kappa shape index (κ2) is 4.79. The SMILES string of the molecule is COc1c(-c2ccccc2)ccc(C(=O)O)c1O. The van der Waals surface area contributed by atoms with E-state index in [-0.39, 0.29) is 17.1 Å². The lowest BCUT2D eigenvalue weighted by atomic mass is 10.0. The first kappa shape index (κ1) is 12.0. The van der Waals surface area contributed by atoms with Crippen LogP contribution in [0.1, 0.15) is 10.4 Å². The van der Waals surface area contributed by atoms with Crippen LogP contribution in [0.3, 0.4) is 0 Å². The topological polar surface area (TPSA) is 66.8 Å². The van der Waals surface area contributed by atoms with Crippen LogP contribution in [0.15, 0.2) is 42.5 Å². The van der Waals surface area contributed by atoms with E-state index in [2.05, 4.69) is 0 Å². The third kappa shape index (κ3) is 2.00. The van der Waals surface area contributed by atoms with E-state index < -0.39 is 5.97 Å². The molecule has 4 heteroatoms. The van der Waals surface area contributed by atoms with Gasteiger partial charge < -0.3 is 14.9 Å². The zero-order valence-electron chi connectivity index (χ0n) is 9.75. The Bertz CT molecular complexity index is 576. The second-order valence-corrected chi connectivity index (χ2v) is 3.71. The molecule has 0 atom stereocenters. The molecule has 0 fully saturated rings. The highest BCUT2D eigenvalue weighted by Gasteiger charge is 2.18. The molecule has 2 aromatic rings. The molecule has 18 heavy (non-hydrogen) atoms. The molecule has 2 aromatic carbocycles. The molecule has 0 aliphatic rings. The molecule has 0 unspecified atom stereocenters. The average Bonchev–Trinajstić information content (AvgIpc) is 2.39. The maximum absolute atomic E-state index is 10.9. The van der Waals surface area contributed by atoms with E-state index in [0.717, 1.165) is 5.56 Å². The van der Waals surface area contributed by atoms with Crippen molar-refractivity contribution in [1.29, 1.82) is 0 Å². The van der Waals surface area contributed by atoms with E-state index in [1.807, 2.05) is 30.3 Å². The van der Waals surface area contributed by atoms with E-state index in [1.165, 1.54) is 13.2 Å². The van der Waals surface area contributed by atoms with Crippen LogP contribution in [0.4, 0.5) is 0 Å². The monoisotopic (exact) mass is 244 g/mol. The number of aromatic hydroxyl groups is 1. The number of methoxy groups -OCH3 is 1. The largest absolute Gasteiger partial charge is 0.504 e. The molecule has 0 amide bonds. The van der Waals surface area contributed by atoms with E-state index in [1.54, 1.807) is 6.07 Å². The fourth-order valence-electron chi connectivity index (χ4n) is 1.80. The number of phenols is 1. The molecule has 0 aliphatic heterocycles. The summed E-state index contributed by atoms with van der Waals surface area (Å²) in [5, 5.41) is 18.8. The summed E-state index contributed by atoms with van der Waals surface area (Å²) < 4.78 is 5.11. The summed E-state index contributed by atoms with van der Waals surface area (Å²) in [4.78, 5) is 10.9. The van der Waals surface area contributed by atoms with Crippen LogP contribution in [0.5, 0.6) is 11.5 Å². The Kier molecular flexibility index (Phi) is 3.19. The normalized spacial score (nSPS) is 10.1. The van der Waals surface area contributed by atoms with Crippen LogP contribution in [-0.4, -0.2) is 23.3 Å². The van der Waals surface area contributed by atoms with E-state index in [4.69, 9.17) is 9.84 Å². The molecule has 0 spiro atoms. The zero-order valence-corrected chi connectivity index (χ0v) is 9.75. The van der Waals surface area contributed by atoms with Crippen molar-refractivity contribution in [2.75, 3.05) is 7.11 Å². The predicted molar refractivity (Wildman–Crippen MR) is 67.1 cm³/mol. The number of benzene rings is 2. The Morgan fingerprint density at radius 1 is 1.11 bits per heavy atom. The minimum atomic E-state index is -1.19. The van der Waals surface area contributed by atoms with Crippen molar-refractivity contribution in [3.8, 4) is 22.6 Å². The molecule has 2 N–H and O–H groups in total. The highest BCUT2D eigenvalue weighted by molar-refractivity contribution is 5.94. The number of carboxylic acid groups (broad SMARTS) is 1. The molecule has 0 heterocycles. The Morgan fingerprint density at radius 2 is 1.78 bits per heavy atom. The summed E-state index contributed by atoms with van der Waals surface area (Å²) in [6.45, 7) is 0.